The van der Waals surface area contributed by atoms with E-state index in [1.807, 2.05) is 6.92 Å². The largest absolute Gasteiger partial charge is 0.490 e. The van der Waals surface area contributed by atoms with Crippen LogP contribution in [0.5, 0.6) is 11.5 Å². The summed E-state index contributed by atoms with van der Waals surface area (Å²) in [6, 6.07) is 13.5. The molecule has 0 aliphatic heterocycles. The predicted molar refractivity (Wildman–Crippen MR) is 136 cm³/mol. The Labute approximate surface area is 207 Å². The number of hydrogen-bond donors (Lipinski definition) is 1. The van der Waals surface area contributed by atoms with Crippen LogP contribution in [0.1, 0.15) is 55.7 Å². The summed E-state index contributed by atoms with van der Waals surface area (Å²) in [6.45, 7) is 6.18. The molecule has 0 aromatic heterocycles. The Morgan fingerprint density at radius 1 is 0.906 bits per heavy atom. The summed E-state index contributed by atoms with van der Waals surface area (Å²) >= 11 is 3.75. The minimum absolute atomic E-state index is 0. The van der Waals surface area contributed by atoms with Gasteiger partial charge >= 0.3 is 0 Å². The van der Waals surface area contributed by atoms with Crippen molar-refractivity contribution >= 4 is 28.3 Å². The molecule has 0 heterocycles. The molecule has 3 nitrogen and oxygen atoms in total. The van der Waals surface area contributed by atoms with Crippen LogP contribution in [0, 0.1) is 30.6 Å². The Hall–Kier alpha value is -1.23. The van der Waals surface area contributed by atoms with E-state index in [2.05, 4.69) is 64.6 Å². The van der Waals surface area contributed by atoms with Crippen LogP contribution in [0.15, 0.2) is 40.9 Å². The van der Waals surface area contributed by atoms with Crippen molar-refractivity contribution in [2.75, 3.05) is 6.61 Å². The van der Waals surface area contributed by atoms with Gasteiger partial charge in [-0.25, -0.2) is 0 Å². The minimum atomic E-state index is 0. The summed E-state index contributed by atoms with van der Waals surface area (Å²) in [4.78, 5) is 0. The van der Waals surface area contributed by atoms with Crippen molar-refractivity contribution in [3.05, 3.63) is 57.6 Å². The lowest BCUT2D eigenvalue weighted by atomic mass is 9.54. The van der Waals surface area contributed by atoms with Crippen LogP contribution in [0.3, 0.4) is 0 Å². The van der Waals surface area contributed by atoms with E-state index >= 15 is 0 Å². The molecule has 4 aliphatic carbocycles. The second-order valence-electron chi connectivity index (χ2n) is 9.95. The van der Waals surface area contributed by atoms with Gasteiger partial charge in [0.05, 0.1) is 11.1 Å². The number of rotatable bonds is 8. The minimum Gasteiger partial charge on any atom is -0.490 e. The van der Waals surface area contributed by atoms with Gasteiger partial charge in [-0.1, -0.05) is 29.8 Å². The van der Waals surface area contributed by atoms with Crippen LogP contribution in [-0.4, -0.2) is 12.6 Å². The lowest BCUT2D eigenvalue weighted by Gasteiger charge is -2.54. The monoisotopic (exact) mass is 519 g/mol. The second kappa shape index (κ2) is 10.4. The summed E-state index contributed by atoms with van der Waals surface area (Å²) in [5.41, 5.74) is 3.68. The molecule has 4 aliphatic rings. The average Bonchev–Trinajstić information content (AvgIpc) is 2.74. The van der Waals surface area contributed by atoms with E-state index in [0.29, 0.717) is 19.3 Å². The van der Waals surface area contributed by atoms with E-state index in [9.17, 15) is 0 Å². The van der Waals surface area contributed by atoms with Gasteiger partial charge in [-0.05, 0) is 109 Å². The zero-order valence-electron chi connectivity index (χ0n) is 19.1. The zero-order chi connectivity index (χ0) is 21.4. The molecule has 1 N–H and O–H groups in total. The van der Waals surface area contributed by atoms with E-state index < -0.39 is 0 Å². The molecule has 2 aromatic carbocycles. The summed E-state index contributed by atoms with van der Waals surface area (Å²) in [6.07, 6.45) is 7.30. The molecule has 4 bridgehead atoms. The van der Waals surface area contributed by atoms with Gasteiger partial charge in [0.2, 0.25) is 0 Å². The molecule has 0 spiro atoms. The average molecular weight is 521 g/mol. The molecular formula is C27H35BrClNO2. The molecule has 6 rings (SSSR count). The number of aryl methyl sites for hydroxylation is 1. The van der Waals surface area contributed by atoms with Gasteiger partial charge in [-0.15, -0.1) is 12.4 Å². The first-order valence-corrected chi connectivity index (χ1v) is 12.7. The summed E-state index contributed by atoms with van der Waals surface area (Å²) in [5.74, 6) is 5.44. The van der Waals surface area contributed by atoms with E-state index in [1.165, 1.54) is 43.2 Å². The maximum atomic E-state index is 6.18. The van der Waals surface area contributed by atoms with E-state index in [0.717, 1.165) is 51.8 Å². The highest BCUT2D eigenvalue weighted by molar-refractivity contribution is 9.10. The molecule has 0 radical (unpaired) electrons. The predicted octanol–water partition coefficient (Wildman–Crippen LogP) is 7.07. The molecule has 0 unspecified atom stereocenters. The van der Waals surface area contributed by atoms with Crippen molar-refractivity contribution in [2.45, 2.75) is 65.1 Å². The quantitative estimate of drug-likeness (QED) is 0.404. The Bertz CT molecular complexity index is 889. The fraction of sp³-hybridized carbons (Fsp3) is 0.556. The summed E-state index contributed by atoms with van der Waals surface area (Å²) in [7, 11) is 0. The second-order valence-corrected chi connectivity index (χ2v) is 10.8. The molecule has 174 valence electrons. The van der Waals surface area contributed by atoms with Crippen LogP contribution >= 0.6 is 28.3 Å². The first kappa shape index (κ1) is 23.9. The fourth-order valence-electron chi connectivity index (χ4n) is 6.46. The van der Waals surface area contributed by atoms with Crippen molar-refractivity contribution < 1.29 is 9.47 Å². The molecule has 2 aromatic rings. The van der Waals surface area contributed by atoms with Gasteiger partial charge in [-0.2, -0.15) is 0 Å². The van der Waals surface area contributed by atoms with E-state index in [4.69, 9.17) is 9.47 Å². The first-order chi connectivity index (χ1) is 15.1. The van der Waals surface area contributed by atoms with Crippen molar-refractivity contribution in [3.63, 3.8) is 0 Å². The maximum Gasteiger partial charge on any atom is 0.175 e. The Kier molecular flexibility index (Phi) is 7.74. The van der Waals surface area contributed by atoms with Crippen molar-refractivity contribution in [3.8, 4) is 11.5 Å². The standard InChI is InChI=1S/C27H34BrNO2.ClH/c1-3-30-25-14-21(13-24(28)27(25)31-16-18-6-4-17(2)5-7-18)15-29-26-22-9-19-8-20(11-22)12-23(26)10-19;/h4-7,13-14,19-20,22-23,26,29H,3,8-12,15-16H2,1-2H3;1H. The van der Waals surface area contributed by atoms with Gasteiger partial charge in [0, 0.05) is 12.6 Å². The van der Waals surface area contributed by atoms with Gasteiger partial charge in [0.25, 0.3) is 0 Å². The number of hydrogen-bond acceptors (Lipinski definition) is 3. The van der Waals surface area contributed by atoms with Crippen LogP contribution in [0.4, 0.5) is 0 Å². The fourth-order valence-corrected chi connectivity index (χ4v) is 7.06. The topological polar surface area (TPSA) is 30.5 Å². The molecule has 0 atom stereocenters. The van der Waals surface area contributed by atoms with Crippen molar-refractivity contribution in [1.82, 2.24) is 5.32 Å². The SMILES string of the molecule is CCOc1cc(CNC2C3CC4CC(C3)CC2C4)cc(Br)c1OCc1ccc(C)cc1.Cl. The molecular weight excluding hydrogens is 486 g/mol. The normalized spacial score (nSPS) is 27.8. The number of halogens is 2. The lowest BCUT2D eigenvalue weighted by molar-refractivity contribution is -0.0142. The molecule has 32 heavy (non-hydrogen) atoms. The third kappa shape index (κ3) is 5.13. The van der Waals surface area contributed by atoms with Gasteiger partial charge in [0.1, 0.15) is 6.61 Å². The van der Waals surface area contributed by atoms with Crippen LogP contribution in [-0.2, 0) is 13.2 Å². The first-order valence-electron chi connectivity index (χ1n) is 12.0. The third-order valence-electron chi connectivity index (χ3n) is 7.64. The smallest absolute Gasteiger partial charge is 0.175 e. The molecule has 5 heteroatoms. The van der Waals surface area contributed by atoms with Crippen LogP contribution in [0.2, 0.25) is 0 Å². The van der Waals surface area contributed by atoms with Crippen molar-refractivity contribution in [2.24, 2.45) is 23.7 Å². The van der Waals surface area contributed by atoms with Gasteiger partial charge in [-0.3, -0.25) is 0 Å². The third-order valence-corrected chi connectivity index (χ3v) is 8.23. The number of benzene rings is 2. The highest BCUT2D eigenvalue weighted by Crippen LogP contribution is 2.53. The van der Waals surface area contributed by atoms with Gasteiger partial charge < -0.3 is 14.8 Å². The van der Waals surface area contributed by atoms with Gasteiger partial charge in [0.15, 0.2) is 11.5 Å². The maximum absolute atomic E-state index is 6.18. The Morgan fingerprint density at radius 2 is 1.56 bits per heavy atom. The highest BCUT2D eigenvalue weighted by atomic mass is 79.9. The number of ether oxygens (including phenoxy) is 2. The molecule has 4 saturated carbocycles. The summed E-state index contributed by atoms with van der Waals surface area (Å²) in [5, 5.41) is 3.94. The van der Waals surface area contributed by atoms with E-state index in [1.54, 1.807) is 0 Å². The Morgan fingerprint density at radius 3 is 2.19 bits per heavy atom. The van der Waals surface area contributed by atoms with Crippen LogP contribution in [0.25, 0.3) is 0 Å². The Balaban J connectivity index is 0.00000245. The molecule has 0 amide bonds. The molecule has 0 saturated heterocycles. The van der Waals surface area contributed by atoms with E-state index in [-0.39, 0.29) is 12.4 Å². The lowest BCUT2D eigenvalue weighted by Crippen LogP contribution is -2.54. The molecule has 4 fully saturated rings. The zero-order valence-corrected chi connectivity index (χ0v) is 21.5. The van der Waals surface area contributed by atoms with Crippen molar-refractivity contribution in [1.29, 1.82) is 0 Å². The van der Waals surface area contributed by atoms with Crippen LogP contribution < -0.4 is 14.8 Å². The summed E-state index contributed by atoms with van der Waals surface area (Å²) < 4.78 is 13.1. The highest BCUT2D eigenvalue weighted by Gasteiger charge is 2.47. The number of nitrogens with one attached hydrogen (secondary N) is 1.